The zero-order chi connectivity index (χ0) is 17.6. The molecule has 1 aromatic carbocycles. The van der Waals surface area contributed by atoms with Gasteiger partial charge in [0.1, 0.15) is 0 Å². The fourth-order valence-electron chi connectivity index (χ4n) is 6.37. The summed E-state index contributed by atoms with van der Waals surface area (Å²) in [6, 6.07) is 4.78. The van der Waals surface area contributed by atoms with Gasteiger partial charge in [0.15, 0.2) is 0 Å². The average Bonchev–Trinajstić information content (AvgIpc) is 2.97. The van der Waals surface area contributed by atoms with Crippen molar-refractivity contribution in [1.29, 1.82) is 0 Å². The zero-order valence-electron chi connectivity index (χ0n) is 16.0. The summed E-state index contributed by atoms with van der Waals surface area (Å²) in [5.41, 5.74) is 7.76. The molecule has 0 aliphatic heterocycles. The van der Waals surface area contributed by atoms with Crippen LogP contribution in [-0.2, 0) is 6.42 Å². The molecule has 2 fully saturated rings. The number of hydrogen-bond acceptors (Lipinski definition) is 0. The normalized spacial score (nSPS) is 34.5. The molecule has 0 aromatic heterocycles. The van der Waals surface area contributed by atoms with Crippen LogP contribution in [0.1, 0.15) is 81.0 Å². The maximum Gasteiger partial charge on any atom is 0.0320 e. The minimum Gasteiger partial charge on any atom is -0.101 e. The molecule has 0 N–H and O–H groups in total. The molecule has 0 heterocycles. The predicted molar refractivity (Wildman–Crippen MR) is 107 cm³/mol. The largest absolute Gasteiger partial charge is 0.101 e. The number of allylic oxidation sites excluding steroid dienone is 2. The Morgan fingerprint density at radius 3 is 2.76 bits per heavy atom. The summed E-state index contributed by atoms with van der Waals surface area (Å²) in [5, 5.41) is 0. The van der Waals surface area contributed by atoms with E-state index in [0.29, 0.717) is 5.41 Å². The van der Waals surface area contributed by atoms with Crippen LogP contribution < -0.4 is 0 Å². The second-order valence-corrected chi connectivity index (χ2v) is 8.44. The molecular weight excluding hydrogens is 300 g/mol. The van der Waals surface area contributed by atoms with E-state index < -0.39 is 0 Å². The van der Waals surface area contributed by atoms with Crippen molar-refractivity contribution < 1.29 is 0 Å². The average molecular weight is 331 g/mol. The quantitative estimate of drug-likeness (QED) is 0.407. The summed E-state index contributed by atoms with van der Waals surface area (Å²) in [6.45, 7) is 10.7. The Hall–Kier alpha value is -1.74. The number of aryl methyl sites for hydroxylation is 1. The molecule has 0 radical (unpaired) electrons. The Labute approximate surface area is 153 Å². The monoisotopic (exact) mass is 330 g/mol. The third-order valence-electron chi connectivity index (χ3n) is 7.57. The first-order valence-electron chi connectivity index (χ1n) is 10.00. The van der Waals surface area contributed by atoms with E-state index >= 15 is 0 Å². The third kappa shape index (κ3) is 2.43. The summed E-state index contributed by atoms with van der Waals surface area (Å²) >= 11 is 0. The molecule has 25 heavy (non-hydrogen) atoms. The molecule has 0 saturated heterocycles. The SMILES string of the molecule is C=Cc1cc2c(cc1C#CC)C1CC[C@]3(C)/C(=C/C)CCC3C1CC2. The van der Waals surface area contributed by atoms with Crippen LogP contribution in [0, 0.1) is 29.1 Å². The highest BCUT2D eigenvalue weighted by Crippen LogP contribution is 2.62. The van der Waals surface area contributed by atoms with Crippen molar-refractivity contribution in [2.75, 3.05) is 0 Å². The minimum atomic E-state index is 0.473. The van der Waals surface area contributed by atoms with E-state index in [4.69, 9.17) is 0 Å². The molecule has 0 bridgehead atoms. The van der Waals surface area contributed by atoms with Crippen LogP contribution >= 0.6 is 0 Å². The molecule has 3 aliphatic rings. The molecule has 1 aromatic rings. The standard InChI is InChI=1S/C25H30/c1-5-8-18-16-23-19(15-17(18)6-2)9-11-22-21(23)13-14-25(4)20(7-3)10-12-24(22)25/h6-7,15-16,21-22,24H,2,9-14H2,1,3-4H3/b20-7+/t21?,22?,24?,25-/m1/s1. The van der Waals surface area contributed by atoms with Gasteiger partial charge in [0.05, 0.1) is 0 Å². The number of hydrogen-bond donors (Lipinski definition) is 0. The highest BCUT2D eigenvalue weighted by molar-refractivity contribution is 5.61. The summed E-state index contributed by atoms with van der Waals surface area (Å²) in [4.78, 5) is 0. The number of benzene rings is 1. The summed E-state index contributed by atoms with van der Waals surface area (Å²) < 4.78 is 0. The smallest absolute Gasteiger partial charge is 0.0320 e. The molecule has 3 unspecified atom stereocenters. The van der Waals surface area contributed by atoms with Gasteiger partial charge in [0.25, 0.3) is 0 Å². The van der Waals surface area contributed by atoms with Gasteiger partial charge in [-0.25, -0.2) is 0 Å². The lowest BCUT2D eigenvalue weighted by Crippen LogP contribution is -2.40. The van der Waals surface area contributed by atoms with Gasteiger partial charge in [0.2, 0.25) is 0 Å². The van der Waals surface area contributed by atoms with Crippen LogP contribution in [0.15, 0.2) is 30.4 Å². The van der Waals surface area contributed by atoms with Gasteiger partial charge in [0, 0.05) is 5.56 Å². The minimum absolute atomic E-state index is 0.473. The lowest BCUT2D eigenvalue weighted by molar-refractivity contribution is 0.0813. The van der Waals surface area contributed by atoms with Crippen LogP contribution in [0.25, 0.3) is 6.08 Å². The van der Waals surface area contributed by atoms with Gasteiger partial charge in [-0.15, -0.1) is 5.92 Å². The highest BCUT2D eigenvalue weighted by atomic mass is 14.6. The number of rotatable bonds is 1. The van der Waals surface area contributed by atoms with Crippen molar-refractivity contribution in [1.82, 2.24) is 0 Å². The topological polar surface area (TPSA) is 0 Å². The first kappa shape index (κ1) is 16.7. The summed E-state index contributed by atoms with van der Waals surface area (Å²) in [6.07, 6.45) is 12.4. The molecule has 0 amide bonds. The summed E-state index contributed by atoms with van der Waals surface area (Å²) in [5.74, 6) is 8.89. The van der Waals surface area contributed by atoms with Gasteiger partial charge >= 0.3 is 0 Å². The Bertz CT molecular complexity index is 797. The van der Waals surface area contributed by atoms with Crippen LogP contribution in [0.4, 0.5) is 0 Å². The van der Waals surface area contributed by atoms with Crippen LogP contribution in [-0.4, -0.2) is 0 Å². The second kappa shape index (κ2) is 6.21. The predicted octanol–water partition coefficient (Wildman–Crippen LogP) is 6.50. The van der Waals surface area contributed by atoms with E-state index in [2.05, 4.69) is 50.5 Å². The maximum absolute atomic E-state index is 4.00. The Morgan fingerprint density at radius 2 is 2.04 bits per heavy atom. The molecule has 0 heteroatoms. The lowest BCUT2D eigenvalue weighted by atomic mass is 9.55. The Morgan fingerprint density at radius 1 is 1.20 bits per heavy atom. The fraction of sp³-hybridized carbons (Fsp3) is 0.520. The number of fused-ring (bicyclic) bond motifs is 5. The van der Waals surface area contributed by atoms with E-state index in [9.17, 15) is 0 Å². The Kier molecular flexibility index (Phi) is 4.15. The highest BCUT2D eigenvalue weighted by Gasteiger charge is 2.52. The lowest BCUT2D eigenvalue weighted by Gasteiger charge is -2.49. The van der Waals surface area contributed by atoms with Crippen molar-refractivity contribution in [2.45, 2.75) is 65.2 Å². The first-order valence-corrected chi connectivity index (χ1v) is 10.00. The van der Waals surface area contributed by atoms with Crippen LogP contribution in [0.3, 0.4) is 0 Å². The van der Waals surface area contributed by atoms with Crippen molar-refractivity contribution >= 4 is 6.08 Å². The molecular formula is C25H30. The molecule has 0 nitrogen and oxygen atoms in total. The van der Waals surface area contributed by atoms with E-state index in [-0.39, 0.29) is 0 Å². The van der Waals surface area contributed by atoms with Gasteiger partial charge in [-0.2, -0.15) is 0 Å². The van der Waals surface area contributed by atoms with E-state index in [0.717, 1.165) is 17.8 Å². The van der Waals surface area contributed by atoms with Crippen molar-refractivity contribution in [3.8, 4) is 11.8 Å². The van der Waals surface area contributed by atoms with Crippen molar-refractivity contribution in [2.24, 2.45) is 17.3 Å². The molecule has 4 atom stereocenters. The maximum atomic E-state index is 4.00. The van der Waals surface area contributed by atoms with E-state index in [1.54, 1.807) is 16.7 Å². The van der Waals surface area contributed by atoms with Gasteiger partial charge in [-0.1, -0.05) is 43.2 Å². The molecule has 130 valence electrons. The summed E-state index contributed by atoms with van der Waals surface area (Å²) in [7, 11) is 0. The van der Waals surface area contributed by atoms with E-state index in [1.807, 2.05) is 13.0 Å². The molecule has 3 aliphatic carbocycles. The Balaban J connectivity index is 1.75. The van der Waals surface area contributed by atoms with Gasteiger partial charge < -0.3 is 0 Å². The van der Waals surface area contributed by atoms with Crippen molar-refractivity contribution in [3.05, 3.63) is 52.6 Å². The third-order valence-corrected chi connectivity index (χ3v) is 7.57. The van der Waals surface area contributed by atoms with Gasteiger partial charge in [-0.05, 0) is 98.3 Å². The van der Waals surface area contributed by atoms with Gasteiger partial charge in [-0.3, -0.25) is 0 Å². The zero-order valence-corrected chi connectivity index (χ0v) is 16.0. The molecule has 0 spiro atoms. The van der Waals surface area contributed by atoms with Crippen LogP contribution in [0.5, 0.6) is 0 Å². The first-order chi connectivity index (χ1) is 12.1. The van der Waals surface area contributed by atoms with Crippen molar-refractivity contribution in [3.63, 3.8) is 0 Å². The molecule has 2 saturated carbocycles. The fourth-order valence-corrected chi connectivity index (χ4v) is 6.37. The van der Waals surface area contributed by atoms with E-state index in [1.165, 1.54) is 49.7 Å². The van der Waals surface area contributed by atoms with Crippen LogP contribution in [0.2, 0.25) is 0 Å². The molecule has 4 rings (SSSR count). The second-order valence-electron chi connectivity index (χ2n) is 8.44.